The van der Waals surface area contributed by atoms with Gasteiger partial charge in [0.05, 0.1) is 26.4 Å². The molecule has 2 unspecified atom stereocenters. The van der Waals surface area contributed by atoms with Crippen molar-refractivity contribution in [1.82, 2.24) is 0 Å². The van der Waals surface area contributed by atoms with Crippen LogP contribution in [0.2, 0.25) is 0 Å². The summed E-state index contributed by atoms with van der Waals surface area (Å²) in [5, 5.41) is 10.7. The molecule has 0 aliphatic rings. The van der Waals surface area contributed by atoms with Gasteiger partial charge in [0.25, 0.3) is 0 Å². The fourth-order valence-electron chi connectivity index (χ4n) is 13.3. The number of esters is 4. The number of rotatable bonds is 86. The molecule has 0 spiro atoms. The van der Waals surface area contributed by atoms with Crippen molar-refractivity contribution in [2.24, 2.45) is 0 Å². The Morgan fingerprint density at radius 1 is 0.231 bits per heavy atom. The van der Waals surface area contributed by atoms with Crippen molar-refractivity contribution in [3.8, 4) is 0 Å². The van der Waals surface area contributed by atoms with Gasteiger partial charge in [-0.1, -0.05) is 413 Å². The monoisotopic (exact) mass is 1520 g/mol. The van der Waals surface area contributed by atoms with E-state index in [1.807, 2.05) is 0 Å². The van der Waals surface area contributed by atoms with Gasteiger partial charge in [-0.2, -0.15) is 0 Å². The van der Waals surface area contributed by atoms with Crippen LogP contribution in [0.4, 0.5) is 0 Å². The molecule has 618 valence electrons. The summed E-state index contributed by atoms with van der Waals surface area (Å²) in [7, 11) is -9.92. The third kappa shape index (κ3) is 78.2. The van der Waals surface area contributed by atoms with Gasteiger partial charge in [0, 0.05) is 25.7 Å². The molecule has 5 atom stereocenters. The van der Waals surface area contributed by atoms with Crippen molar-refractivity contribution in [3.05, 3.63) is 0 Å². The van der Waals surface area contributed by atoms with Crippen LogP contribution in [0.5, 0.6) is 0 Å². The smallest absolute Gasteiger partial charge is 0.462 e. The highest BCUT2D eigenvalue weighted by Gasteiger charge is 2.30. The maximum absolute atomic E-state index is 13.1. The van der Waals surface area contributed by atoms with E-state index in [1.54, 1.807) is 0 Å². The predicted octanol–water partition coefficient (Wildman–Crippen LogP) is 26.1. The Bertz CT molecular complexity index is 1960. The lowest BCUT2D eigenvalue weighted by atomic mass is 10.0. The molecule has 0 bridgehead atoms. The standard InChI is InChI=1S/C85H166O17P2/c1-5-9-13-17-21-25-29-33-36-39-41-44-46-50-54-58-62-66-70-83(88)96-76-81(102-85(90)72-68-64-60-56-52-48-45-42-40-37-34-30-26-22-18-14-10-6-2)78-100-104(93,94)98-74-79(86)73-97-103(91,92)99-77-80(75-95-82(87)69-65-61-57-53-49-32-28-24-20-16-12-8-4)101-84(89)71-67-63-59-55-51-47-43-38-35-31-27-23-19-15-11-7-3/h79-81,86H,5-78H2,1-4H3,(H,91,92)(H,93,94)/t79-,80+,81+/m0/s1. The second-order valence-electron chi connectivity index (χ2n) is 30.6. The first kappa shape index (κ1) is 102. The van der Waals surface area contributed by atoms with E-state index < -0.39 is 97.5 Å². The molecule has 3 N–H and O–H groups in total. The SMILES string of the molecule is CCCCCCCCCCCCCCCCCCCCC(=O)OC[C@H](COP(=O)(O)OC[C@@H](O)COP(=O)(O)OC[C@@H](COC(=O)CCCCCCCCCCCCCC)OC(=O)CCCCCCCCCCCCCCCCCC)OC(=O)CCCCCCCCCCCCCCCCCCCC. The molecule has 0 radical (unpaired) electrons. The summed E-state index contributed by atoms with van der Waals surface area (Å²) in [4.78, 5) is 73.2. The number of aliphatic hydroxyl groups excluding tert-OH is 1. The highest BCUT2D eigenvalue weighted by molar-refractivity contribution is 7.47. The molecule has 0 aromatic heterocycles. The first-order valence-electron chi connectivity index (χ1n) is 44.3. The van der Waals surface area contributed by atoms with Crippen LogP contribution in [0.3, 0.4) is 0 Å². The third-order valence-corrected chi connectivity index (χ3v) is 22.0. The fourth-order valence-corrected chi connectivity index (χ4v) is 14.9. The first-order chi connectivity index (χ1) is 50.7. The first-order valence-corrected chi connectivity index (χ1v) is 47.3. The van der Waals surface area contributed by atoms with Gasteiger partial charge in [0.15, 0.2) is 12.2 Å². The van der Waals surface area contributed by atoms with Crippen LogP contribution in [0.1, 0.15) is 464 Å². The van der Waals surface area contributed by atoms with Crippen molar-refractivity contribution in [2.75, 3.05) is 39.6 Å². The second-order valence-corrected chi connectivity index (χ2v) is 33.5. The fraction of sp³-hybridized carbons (Fsp3) is 0.953. The molecule has 0 aromatic rings. The molecule has 0 fully saturated rings. The molecular weight excluding hydrogens is 1350 g/mol. The number of ether oxygens (including phenoxy) is 4. The lowest BCUT2D eigenvalue weighted by Gasteiger charge is -2.21. The summed E-state index contributed by atoms with van der Waals surface area (Å²) < 4.78 is 68.9. The van der Waals surface area contributed by atoms with Gasteiger partial charge in [-0.25, -0.2) is 9.13 Å². The highest BCUT2D eigenvalue weighted by atomic mass is 31.2. The average Bonchev–Trinajstić information content (AvgIpc) is 1.11. The zero-order chi connectivity index (χ0) is 76.0. The van der Waals surface area contributed by atoms with Crippen LogP contribution in [-0.2, 0) is 65.4 Å². The molecule has 19 heteroatoms. The summed E-state index contributed by atoms with van der Waals surface area (Å²) in [5.74, 6) is -2.10. The van der Waals surface area contributed by atoms with E-state index in [0.29, 0.717) is 25.7 Å². The number of hydrogen-bond acceptors (Lipinski definition) is 15. The third-order valence-electron chi connectivity index (χ3n) is 20.1. The number of hydrogen-bond donors (Lipinski definition) is 3. The van der Waals surface area contributed by atoms with Gasteiger partial charge in [-0.15, -0.1) is 0 Å². The molecule has 0 rings (SSSR count). The summed E-state index contributed by atoms with van der Waals surface area (Å²) in [6.07, 6.45) is 73.4. The van der Waals surface area contributed by atoms with Crippen LogP contribution < -0.4 is 0 Å². The maximum atomic E-state index is 13.1. The minimum absolute atomic E-state index is 0.109. The van der Waals surface area contributed by atoms with Crippen molar-refractivity contribution < 1.29 is 80.2 Å². The molecule has 0 amide bonds. The highest BCUT2D eigenvalue weighted by Crippen LogP contribution is 2.45. The summed E-state index contributed by atoms with van der Waals surface area (Å²) in [6.45, 7) is 5.06. The minimum Gasteiger partial charge on any atom is -0.462 e. The van der Waals surface area contributed by atoms with Crippen LogP contribution in [0, 0.1) is 0 Å². The van der Waals surface area contributed by atoms with Crippen molar-refractivity contribution in [2.45, 2.75) is 483 Å². The Hall–Kier alpha value is -1.94. The van der Waals surface area contributed by atoms with Crippen LogP contribution >= 0.6 is 15.6 Å². The molecule has 0 aromatic carbocycles. The van der Waals surface area contributed by atoms with Crippen molar-refractivity contribution in [3.63, 3.8) is 0 Å². The van der Waals surface area contributed by atoms with Crippen LogP contribution in [-0.4, -0.2) is 96.7 Å². The van der Waals surface area contributed by atoms with Gasteiger partial charge in [0.2, 0.25) is 0 Å². The summed E-state index contributed by atoms with van der Waals surface area (Å²) in [6, 6.07) is 0. The molecule has 0 aliphatic carbocycles. The molecule has 104 heavy (non-hydrogen) atoms. The zero-order valence-corrected chi connectivity index (χ0v) is 69.8. The Labute approximate surface area is 638 Å². The van der Waals surface area contributed by atoms with Gasteiger partial charge in [0.1, 0.15) is 19.3 Å². The van der Waals surface area contributed by atoms with Gasteiger partial charge < -0.3 is 33.8 Å². The van der Waals surface area contributed by atoms with E-state index in [4.69, 9.17) is 37.0 Å². The minimum atomic E-state index is -4.96. The number of unbranched alkanes of at least 4 members (excludes halogenated alkanes) is 60. The predicted molar refractivity (Wildman–Crippen MR) is 428 cm³/mol. The van der Waals surface area contributed by atoms with Crippen molar-refractivity contribution in [1.29, 1.82) is 0 Å². The molecule has 17 nitrogen and oxygen atoms in total. The van der Waals surface area contributed by atoms with Crippen LogP contribution in [0.25, 0.3) is 0 Å². The van der Waals surface area contributed by atoms with E-state index in [2.05, 4.69) is 27.7 Å². The largest absolute Gasteiger partial charge is 0.472 e. The van der Waals surface area contributed by atoms with Gasteiger partial charge in [-0.3, -0.25) is 37.3 Å². The Morgan fingerprint density at radius 3 is 0.567 bits per heavy atom. The molecule has 0 saturated carbocycles. The number of aliphatic hydroxyl groups is 1. The van der Waals surface area contributed by atoms with Crippen LogP contribution in [0.15, 0.2) is 0 Å². The number of phosphoric acid groups is 2. The van der Waals surface area contributed by atoms with E-state index in [-0.39, 0.29) is 25.7 Å². The number of carbonyl (C=O) groups is 4. The number of phosphoric ester groups is 2. The van der Waals surface area contributed by atoms with Gasteiger partial charge in [-0.05, 0) is 25.7 Å². The lowest BCUT2D eigenvalue weighted by molar-refractivity contribution is -0.161. The normalized spacial score (nSPS) is 13.7. The van der Waals surface area contributed by atoms with E-state index in [1.165, 1.54) is 295 Å². The average molecular weight is 1520 g/mol. The van der Waals surface area contributed by atoms with Gasteiger partial charge >= 0.3 is 39.5 Å². The Kier molecular flexibility index (Phi) is 77.7. The quantitative estimate of drug-likeness (QED) is 0.0222. The zero-order valence-electron chi connectivity index (χ0n) is 68.0. The van der Waals surface area contributed by atoms with Crippen molar-refractivity contribution >= 4 is 39.5 Å². The Balaban J connectivity index is 5.25. The molecular formula is C85H166O17P2. The van der Waals surface area contributed by atoms with E-state index in [9.17, 15) is 43.2 Å². The topological polar surface area (TPSA) is 237 Å². The number of carbonyl (C=O) groups excluding carboxylic acids is 4. The summed E-state index contributed by atoms with van der Waals surface area (Å²) >= 11 is 0. The second kappa shape index (κ2) is 79.2. The lowest BCUT2D eigenvalue weighted by Crippen LogP contribution is -2.30. The molecule has 0 aliphatic heterocycles. The van der Waals surface area contributed by atoms with E-state index in [0.717, 1.165) is 89.9 Å². The Morgan fingerprint density at radius 2 is 0.385 bits per heavy atom. The summed E-state index contributed by atoms with van der Waals surface area (Å²) in [5.41, 5.74) is 0. The van der Waals surface area contributed by atoms with E-state index >= 15 is 0 Å². The maximum Gasteiger partial charge on any atom is 0.472 e. The molecule has 0 saturated heterocycles. The molecule has 0 heterocycles.